The molecule has 1 aliphatic heterocycles. The van der Waals surface area contributed by atoms with Gasteiger partial charge in [0.15, 0.2) is 0 Å². The van der Waals surface area contributed by atoms with E-state index in [0.29, 0.717) is 6.42 Å². The van der Waals surface area contributed by atoms with Crippen LogP contribution in [0.15, 0.2) is 12.2 Å². The first-order valence-corrected chi connectivity index (χ1v) is 3.23. The van der Waals surface area contributed by atoms with Gasteiger partial charge in [-0.15, -0.1) is 0 Å². The number of aliphatic carboxylic acids is 1. The predicted molar refractivity (Wildman–Crippen MR) is 35.9 cm³/mol. The lowest BCUT2D eigenvalue weighted by Gasteiger charge is -2.06. The Morgan fingerprint density at radius 3 is 2.73 bits per heavy atom. The Morgan fingerprint density at radius 1 is 1.73 bits per heavy atom. The van der Waals surface area contributed by atoms with Crippen LogP contribution in [0.2, 0.25) is 0 Å². The molecule has 60 valence electrons. The zero-order valence-electron chi connectivity index (χ0n) is 5.87. The van der Waals surface area contributed by atoms with Crippen LogP contribution in [-0.2, 0) is 14.3 Å². The molecular weight excluding hydrogens is 148 g/mol. The molecule has 1 fully saturated rings. The minimum Gasteiger partial charge on any atom is -0.478 e. The quantitative estimate of drug-likeness (QED) is 0.462. The lowest BCUT2D eigenvalue weighted by atomic mass is 10.1. The molecule has 1 atom stereocenters. The van der Waals surface area contributed by atoms with Crippen molar-refractivity contribution in [1.29, 1.82) is 0 Å². The molecule has 0 aromatic rings. The lowest BCUT2D eigenvalue weighted by molar-refractivity contribution is -0.141. The van der Waals surface area contributed by atoms with Crippen molar-refractivity contribution in [3.05, 3.63) is 12.2 Å². The Labute approximate surface area is 63.5 Å². The van der Waals surface area contributed by atoms with Crippen LogP contribution in [-0.4, -0.2) is 23.1 Å². The minimum absolute atomic E-state index is 0.0455. The van der Waals surface area contributed by atoms with E-state index in [1.807, 2.05) is 0 Å². The topological polar surface area (TPSA) is 63.6 Å². The molecule has 1 heterocycles. The van der Waals surface area contributed by atoms with Gasteiger partial charge in [0.2, 0.25) is 0 Å². The maximum atomic E-state index is 10.5. The zero-order valence-corrected chi connectivity index (χ0v) is 5.87. The highest BCUT2D eigenvalue weighted by atomic mass is 16.6. The number of hydrogen-bond acceptors (Lipinski definition) is 3. The van der Waals surface area contributed by atoms with E-state index >= 15 is 0 Å². The highest BCUT2D eigenvalue weighted by Crippen LogP contribution is 2.19. The molecule has 1 unspecified atom stereocenters. The average molecular weight is 156 g/mol. The van der Waals surface area contributed by atoms with Crippen LogP contribution in [0.3, 0.4) is 0 Å². The summed E-state index contributed by atoms with van der Waals surface area (Å²) in [6.45, 7) is 3.29. The van der Waals surface area contributed by atoms with Crippen LogP contribution in [0.5, 0.6) is 0 Å². The summed E-state index contributed by atoms with van der Waals surface area (Å²) in [5.74, 6) is -1.46. The third kappa shape index (κ3) is 1.58. The second kappa shape index (κ2) is 2.74. The molecule has 0 aromatic heterocycles. The Bertz CT molecular complexity index is 218. The van der Waals surface area contributed by atoms with Crippen molar-refractivity contribution in [2.75, 3.05) is 0 Å². The Balaban J connectivity index is 2.56. The van der Waals surface area contributed by atoms with E-state index in [2.05, 4.69) is 11.3 Å². The molecular formula is C7H8O4. The van der Waals surface area contributed by atoms with E-state index in [0.717, 1.165) is 0 Å². The Kier molecular flexibility index (Phi) is 1.94. The number of cyclic esters (lactones) is 1. The maximum Gasteiger partial charge on any atom is 0.334 e. The second-order valence-electron chi connectivity index (χ2n) is 2.35. The van der Waals surface area contributed by atoms with Crippen molar-refractivity contribution in [3.63, 3.8) is 0 Å². The Hall–Kier alpha value is -1.32. The number of carbonyl (C=O) groups excluding carboxylic acids is 1. The normalized spacial score (nSPS) is 22.9. The number of esters is 1. The van der Waals surface area contributed by atoms with Crippen molar-refractivity contribution < 1.29 is 19.4 Å². The van der Waals surface area contributed by atoms with Crippen molar-refractivity contribution in [2.24, 2.45) is 0 Å². The third-order valence-electron chi connectivity index (χ3n) is 1.55. The molecule has 0 radical (unpaired) electrons. The molecule has 1 aliphatic rings. The summed E-state index contributed by atoms with van der Waals surface area (Å²) in [4.78, 5) is 20.8. The van der Waals surface area contributed by atoms with E-state index in [1.54, 1.807) is 0 Å². The number of rotatable bonds is 2. The fraction of sp³-hybridized carbons (Fsp3) is 0.429. The van der Waals surface area contributed by atoms with Gasteiger partial charge in [-0.1, -0.05) is 6.58 Å². The lowest BCUT2D eigenvalue weighted by Crippen LogP contribution is -2.16. The smallest absolute Gasteiger partial charge is 0.334 e. The summed E-state index contributed by atoms with van der Waals surface area (Å²) in [7, 11) is 0. The number of carboxylic acid groups (broad SMARTS) is 1. The largest absolute Gasteiger partial charge is 0.478 e. The van der Waals surface area contributed by atoms with Gasteiger partial charge in [-0.2, -0.15) is 0 Å². The van der Waals surface area contributed by atoms with Crippen LogP contribution in [0.4, 0.5) is 0 Å². The molecule has 4 heteroatoms. The number of carbonyl (C=O) groups is 2. The van der Waals surface area contributed by atoms with Crippen LogP contribution >= 0.6 is 0 Å². The molecule has 0 bridgehead atoms. The molecule has 0 saturated carbocycles. The first-order valence-electron chi connectivity index (χ1n) is 3.23. The molecule has 4 nitrogen and oxygen atoms in total. The highest BCUT2D eigenvalue weighted by molar-refractivity contribution is 5.88. The third-order valence-corrected chi connectivity index (χ3v) is 1.55. The van der Waals surface area contributed by atoms with E-state index in [4.69, 9.17) is 5.11 Å². The van der Waals surface area contributed by atoms with Gasteiger partial charge in [0.1, 0.15) is 6.10 Å². The first-order chi connectivity index (χ1) is 5.11. The predicted octanol–water partition coefficient (Wildman–Crippen LogP) is 0.333. The monoisotopic (exact) mass is 156 g/mol. The molecule has 0 spiro atoms. The molecule has 0 amide bonds. The summed E-state index contributed by atoms with van der Waals surface area (Å²) in [6, 6.07) is 0. The van der Waals surface area contributed by atoms with E-state index in [-0.39, 0.29) is 18.0 Å². The van der Waals surface area contributed by atoms with Crippen molar-refractivity contribution >= 4 is 11.9 Å². The number of carboxylic acids is 1. The summed E-state index contributed by atoms with van der Waals surface area (Å²) in [6.07, 6.45) is 0.112. The molecule has 0 aliphatic carbocycles. The summed E-state index contributed by atoms with van der Waals surface area (Å²) in [5.41, 5.74) is -0.0455. The van der Waals surface area contributed by atoms with Gasteiger partial charge in [0, 0.05) is 6.42 Å². The van der Waals surface area contributed by atoms with Gasteiger partial charge in [-0.05, 0) is 6.42 Å². The summed E-state index contributed by atoms with van der Waals surface area (Å²) >= 11 is 0. The molecule has 1 rings (SSSR count). The molecule has 1 saturated heterocycles. The van der Waals surface area contributed by atoms with Crippen LogP contribution in [0.25, 0.3) is 0 Å². The van der Waals surface area contributed by atoms with Crippen molar-refractivity contribution in [1.82, 2.24) is 0 Å². The fourth-order valence-electron chi connectivity index (χ4n) is 0.909. The molecule has 0 aromatic carbocycles. The van der Waals surface area contributed by atoms with Crippen LogP contribution in [0, 0.1) is 0 Å². The zero-order chi connectivity index (χ0) is 8.43. The van der Waals surface area contributed by atoms with Gasteiger partial charge in [0.25, 0.3) is 0 Å². The first kappa shape index (κ1) is 7.78. The van der Waals surface area contributed by atoms with Gasteiger partial charge in [-0.25, -0.2) is 4.79 Å². The second-order valence-corrected chi connectivity index (χ2v) is 2.35. The minimum atomic E-state index is -1.11. The van der Waals surface area contributed by atoms with Crippen LogP contribution < -0.4 is 0 Å². The van der Waals surface area contributed by atoms with Crippen molar-refractivity contribution in [2.45, 2.75) is 18.9 Å². The average Bonchev–Trinajstić information content (AvgIpc) is 2.34. The SMILES string of the molecule is C=C(C(=O)O)C1CCC(=O)O1. The molecule has 1 N–H and O–H groups in total. The maximum absolute atomic E-state index is 10.5. The van der Waals surface area contributed by atoms with E-state index in [9.17, 15) is 9.59 Å². The van der Waals surface area contributed by atoms with Gasteiger partial charge in [0.05, 0.1) is 5.57 Å². The van der Waals surface area contributed by atoms with Crippen LogP contribution in [0.1, 0.15) is 12.8 Å². The van der Waals surface area contributed by atoms with Crippen molar-refractivity contribution in [3.8, 4) is 0 Å². The number of hydrogen-bond donors (Lipinski definition) is 1. The van der Waals surface area contributed by atoms with E-state index < -0.39 is 12.1 Å². The summed E-state index contributed by atoms with van der Waals surface area (Å²) in [5, 5.41) is 8.44. The van der Waals surface area contributed by atoms with Gasteiger partial charge < -0.3 is 9.84 Å². The Morgan fingerprint density at radius 2 is 2.36 bits per heavy atom. The van der Waals surface area contributed by atoms with E-state index in [1.165, 1.54) is 0 Å². The highest BCUT2D eigenvalue weighted by Gasteiger charge is 2.28. The fourth-order valence-corrected chi connectivity index (χ4v) is 0.909. The molecule has 11 heavy (non-hydrogen) atoms. The standard InChI is InChI=1S/C7H8O4/c1-4(7(9)10)5-2-3-6(8)11-5/h5H,1-3H2,(H,9,10). The number of ether oxygens (including phenoxy) is 1. The van der Waals surface area contributed by atoms with Gasteiger partial charge >= 0.3 is 11.9 Å². The summed E-state index contributed by atoms with van der Waals surface area (Å²) < 4.78 is 4.67. The van der Waals surface area contributed by atoms with Gasteiger partial charge in [-0.3, -0.25) is 4.79 Å².